The van der Waals surface area contributed by atoms with Gasteiger partial charge in [0.2, 0.25) is 5.75 Å². The van der Waals surface area contributed by atoms with Crippen molar-refractivity contribution in [1.29, 1.82) is 0 Å². The number of allylic oxidation sites excluding steroid dienone is 1. The predicted octanol–water partition coefficient (Wildman–Crippen LogP) is 8.27. The molecule has 0 bridgehead atoms. The van der Waals surface area contributed by atoms with E-state index in [4.69, 9.17) is 18.6 Å². The number of benzene rings is 2. The van der Waals surface area contributed by atoms with Crippen molar-refractivity contribution in [3.8, 4) is 17.2 Å². The van der Waals surface area contributed by atoms with Crippen LogP contribution in [-0.2, 0) is 0 Å². The Kier molecular flexibility index (Phi) is 12.5. The van der Waals surface area contributed by atoms with E-state index in [1.807, 2.05) is 25.1 Å². The molecule has 38 heavy (non-hydrogen) atoms. The Bertz CT molecular complexity index is 1210. The summed E-state index contributed by atoms with van der Waals surface area (Å²) in [5.74, 6) is -0.218. The van der Waals surface area contributed by atoms with Gasteiger partial charge in [-0.2, -0.15) is 0 Å². The van der Waals surface area contributed by atoms with Gasteiger partial charge in [0.25, 0.3) is 0 Å². The molecule has 0 N–H and O–H groups in total. The van der Waals surface area contributed by atoms with Crippen molar-refractivity contribution >= 4 is 16.9 Å². The lowest BCUT2D eigenvalue weighted by molar-refractivity contribution is 0.0729. The van der Waals surface area contributed by atoms with Gasteiger partial charge >= 0.3 is 11.6 Å². The summed E-state index contributed by atoms with van der Waals surface area (Å²) in [6, 6.07) is 13.9. The van der Waals surface area contributed by atoms with Crippen LogP contribution in [0.15, 0.2) is 69.9 Å². The number of hydrogen-bond donors (Lipinski definition) is 0. The summed E-state index contributed by atoms with van der Waals surface area (Å²) < 4.78 is 23.2. The molecule has 0 saturated heterocycles. The molecule has 0 aliphatic heterocycles. The fourth-order valence-corrected chi connectivity index (χ4v) is 4.15. The number of hydrogen-bond acceptors (Lipinski definition) is 6. The molecule has 0 unspecified atom stereocenters. The molecule has 1 heterocycles. The maximum Gasteiger partial charge on any atom is 0.383 e. The topological polar surface area (TPSA) is 75.0 Å². The molecule has 0 spiro atoms. The summed E-state index contributed by atoms with van der Waals surface area (Å²) >= 11 is 0. The predicted molar refractivity (Wildman–Crippen MR) is 152 cm³/mol. The summed E-state index contributed by atoms with van der Waals surface area (Å²) in [6.07, 6.45) is 15.1. The molecule has 6 nitrogen and oxygen atoms in total. The Labute approximate surface area is 225 Å². The van der Waals surface area contributed by atoms with Crippen molar-refractivity contribution in [2.45, 2.75) is 78.1 Å². The monoisotopic (exact) mass is 520 g/mol. The minimum absolute atomic E-state index is 0.0436. The lowest BCUT2D eigenvalue weighted by Gasteiger charge is -2.14. The first-order valence-electron chi connectivity index (χ1n) is 13.9. The van der Waals surface area contributed by atoms with E-state index >= 15 is 0 Å². The second kappa shape index (κ2) is 16.3. The van der Waals surface area contributed by atoms with E-state index in [-0.39, 0.29) is 23.7 Å². The smallest absolute Gasteiger partial charge is 0.383 e. The van der Waals surface area contributed by atoms with Crippen molar-refractivity contribution in [3.05, 3.63) is 76.7 Å². The maximum atomic E-state index is 13.0. The molecule has 0 aliphatic carbocycles. The summed E-state index contributed by atoms with van der Waals surface area (Å²) in [5, 5.41) is 0.446. The molecule has 3 rings (SSSR count). The van der Waals surface area contributed by atoms with Gasteiger partial charge in [-0.25, -0.2) is 9.59 Å². The molecule has 0 radical (unpaired) electrons. The molecule has 204 valence electrons. The maximum absolute atomic E-state index is 13.0. The molecule has 6 heteroatoms. The summed E-state index contributed by atoms with van der Waals surface area (Å²) in [6.45, 7) is 5.03. The van der Waals surface area contributed by atoms with Crippen molar-refractivity contribution < 1.29 is 23.4 Å². The van der Waals surface area contributed by atoms with Crippen LogP contribution in [-0.4, -0.2) is 19.2 Å². The molecule has 0 atom stereocenters. The van der Waals surface area contributed by atoms with Crippen LogP contribution in [0.3, 0.4) is 0 Å². The minimum atomic E-state index is -0.712. The lowest BCUT2D eigenvalue weighted by Crippen LogP contribution is -2.15. The first-order valence-corrected chi connectivity index (χ1v) is 13.9. The molecular formula is C32H40O6. The second-order valence-electron chi connectivity index (χ2n) is 9.28. The zero-order valence-corrected chi connectivity index (χ0v) is 22.7. The van der Waals surface area contributed by atoms with Gasteiger partial charge in [0.05, 0.1) is 24.2 Å². The number of rotatable bonds is 17. The number of fused-ring (bicyclic) bond motifs is 1. The van der Waals surface area contributed by atoms with Crippen LogP contribution in [0.1, 0.15) is 88.4 Å². The van der Waals surface area contributed by atoms with Crippen LogP contribution < -0.4 is 19.8 Å². The highest BCUT2D eigenvalue weighted by molar-refractivity contribution is 5.96. The van der Waals surface area contributed by atoms with E-state index in [0.29, 0.717) is 29.7 Å². The summed E-state index contributed by atoms with van der Waals surface area (Å²) in [5.41, 5.74) is -0.102. The highest BCUT2D eigenvalue weighted by Gasteiger charge is 2.23. The van der Waals surface area contributed by atoms with E-state index in [1.54, 1.807) is 42.5 Å². The van der Waals surface area contributed by atoms with Gasteiger partial charge < -0.3 is 18.6 Å². The van der Waals surface area contributed by atoms with Gasteiger partial charge in [0.1, 0.15) is 0 Å². The molecule has 0 fully saturated rings. The van der Waals surface area contributed by atoms with Gasteiger partial charge in [-0.3, -0.25) is 0 Å². The van der Waals surface area contributed by atoms with Gasteiger partial charge in [0, 0.05) is 0 Å². The molecule has 0 saturated carbocycles. The molecule has 0 amide bonds. The van der Waals surface area contributed by atoms with Crippen LogP contribution in [0.5, 0.6) is 17.2 Å². The Hall–Kier alpha value is -3.54. The summed E-state index contributed by atoms with van der Waals surface area (Å²) in [4.78, 5) is 25.9. The third-order valence-electron chi connectivity index (χ3n) is 6.20. The van der Waals surface area contributed by atoms with E-state index in [0.717, 1.165) is 19.3 Å². The quantitative estimate of drug-likeness (QED) is 0.0772. The molecular weight excluding hydrogens is 480 g/mol. The van der Waals surface area contributed by atoms with Gasteiger partial charge in [-0.1, -0.05) is 95.2 Å². The molecule has 2 aromatic carbocycles. The van der Waals surface area contributed by atoms with Crippen LogP contribution >= 0.6 is 0 Å². The van der Waals surface area contributed by atoms with Gasteiger partial charge in [-0.15, -0.1) is 0 Å². The van der Waals surface area contributed by atoms with Crippen LogP contribution in [0.2, 0.25) is 0 Å². The van der Waals surface area contributed by atoms with Gasteiger partial charge in [-0.05, 0) is 43.5 Å². The second-order valence-corrected chi connectivity index (χ2v) is 9.28. The van der Waals surface area contributed by atoms with E-state index in [9.17, 15) is 9.59 Å². The van der Waals surface area contributed by atoms with E-state index in [1.165, 1.54) is 38.5 Å². The third kappa shape index (κ3) is 8.79. The first kappa shape index (κ1) is 29.0. The molecule has 3 aromatic rings. The van der Waals surface area contributed by atoms with Crippen LogP contribution in [0, 0.1) is 0 Å². The Morgan fingerprint density at radius 3 is 2.26 bits per heavy atom. The fourth-order valence-electron chi connectivity index (χ4n) is 4.15. The molecule has 0 aliphatic rings. The third-order valence-corrected chi connectivity index (χ3v) is 6.20. The van der Waals surface area contributed by atoms with E-state index < -0.39 is 11.6 Å². The highest BCUT2D eigenvalue weighted by Crippen LogP contribution is 2.37. The van der Waals surface area contributed by atoms with Gasteiger partial charge in [0.15, 0.2) is 17.1 Å². The van der Waals surface area contributed by atoms with Crippen molar-refractivity contribution in [3.63, 3.8) is 0 Å². The van der Waals surface area contributed by atoms with Crippen molar-refractivity contribution in [2.24, 2.45) is 0 Å². The van der Waals surface area contributed by atoms with Crippen LogP contribution in [0.4, 0.5) is 0 Å². The first-order chi connectivity index (χ1) is 18.7. The summed E-state index contributed by atoms with van der Waals surface area (Å²) in [7, 11) is 0. The fraction of sp³-hybridized carbons (Fsp3) is 0.438. The number of carbonyl (C=O) groups excluding carboxylic acids is 1. The average molecular weight is 521 g/mol. The number of unbranched alkanes of at least 4 members (excludes halogenated alkanes) is 7. The average Bonchev–Trinajstić information content (AvgIpc) is 2.94. The normalized spacial score (nSPS) is 11.2. The standard InChI is InChI=1S/C32H40O6/c1-3-5-7-9-10-11-12-17-23-35-27-22-18-21-26-28(27)37-32(34)30(36-24-16-8-6-4-2)29(26)38-31(33)25-19-14-13-15-20-25/h6,8,13-15,18-22H,3-5,7,9-12,16-17,23-24H2,1-2H3. The number of ether oxygens (including phenoxy) is 3. The zero-order valence-electron chi connectivity index (χ0n) is 22.7. The van der Waals surface area contributed by atoms with Crippen LogP contribution in [0.25, 0.3) is 11.0 Å². The Morgan fingerprint density at radius 1 is 0.789 bits per heavy atom. The number of esters is 1. The Balaban J connectivity index is 1.78. The minimum Gasteiger partial charge on any atom is -0.490 e. The van der Waals surface area contributed by atoms with Crippen molar-refractivity contribution in [2.75, 3.05) is 13.2 Å². The number of para-hydroxylation sites is 1. The highest BCUT2D eigenvalue weighted by atomic mass is 16.6. The Morgan fingerprint density at radius 2 is 1.53 bits per heavy atom. The zero-order chi connectivity index (χ0) is 27.0. The largest absolute Gasteiger partial charge is 0.490 e. The number of carbonyl (C=O) groups is 1. The molecule has 1 aromatic heterocycles. The SMILES string of the molecule is CCC=CCCOc1c(OC(=O)c2ccccc2)c2cccc(OCCCCCCCCCC)c2oc1=O. The van der Waals surface area contributed by atoms with E-state index in [2.05, 4.69) is 6.92 Å². The lowest BCUT2D eigenvalue weighted by atomic mass is 10.1. The van der Waals surface area contributed by atoms with Crippen molar-refractivity contribution in [1.82, 2.24) is 0 Å².